The highest BCUT2D eigenvalue weighted by atomic mass is 35.5. The van der Waals surface area contributed by atoms with Gasteiger partial charge in [-0.15, -0.1) is 0 Å². The molecule has 0 spiro atoms. The van der Waals surface area contributed by atoms with Crippen molar-refractivity contribution < 1.29 is 9.53 Å². The van der Waals surface area contributed by atoms with Crippen LogP contribution in [0.4, 0.5) is 16.2 Å². The molecule has 25 heavy (non-hydrogen) atoms. The van der Waals surface area contributed by atoms with Gasteiger partial charge in [-0.3, -0.25) is 0 Å². The SMILES string of the molecule is COc1ccc(Cl)cc1NC(=O)Nc1ccc(C2CCCCC2)cc1. The molecule has 0 unspecified atom stereocenters. The molecule has 1 aliphatic rings. The van der Waals surface area contributed by atoms with Gasteiger partial charge in [0.1, 0.15) is 5.75 Å². The van der Waals surface area contributed by atoms with Crippen LogP contribution in [0.3, 0.4) is 0 Å². The van der Waals surface area contributed by atoms with E-state index in [9.17, 15) is 4.79 Å². The van der Waals surface area contributed by atoms with Crippen molar-refractivity contribution >= 4 is 29.0 Å². The van der Waals surface area contributed by atoms with E-state index in [0.717, 1.165) is 5.69 Å². The molecule has 0 saturated heterocycles. The van der Waals surface area contributed by atoms with Gasteiger partial charge in [-0.05, 0) is 54.7 Å². The van der Waals surface area contributed by atoms with E-state index in [1.807, 2.05) is 12.1 Å². The minimum Gasteiger partial charge on any atom is -0.495 e. The van der Waals surface area contributed by atoms with Gasteiger partial charge < -0.3 is 15.4 Å². The van der Waals surface area contributed by atoms with Crippen molar-refractivity contribution in [2.24, 2.45) is 0 Å². The maximum Gasteiger partial charge on any atom is 0.323 e. The zero-order valence-electron chi connectivity index (χ0n) is 14.3. The average molecular weight is 359 g/mol. The van der Waals surface area contributed by atoms with Crippen LogP contribution < -0.4 is 15.4 Å². The summed E-state index contributed by atoms with van der Waals surface area (Å²) in [5, 5.41) is 6.15. The van der Waals surface area contributed by atoms with Crippen molar-refractivity contribution in [1.82, 2.24) is 0 Å². The highest BCUT2D eigenvalue weighted by molar-refractivity contribution is 6.31. The quantitative estimate of drug-likeness (QED) is 0.699. The third kappa shape index (κ3) is 4.67. The number of hydrogen-bond donors (Lipinski definition) is 2. The Hall–Kier alpha value is -2.20. The maximum atomic E-state index is 12.2. The molecule has 0 aromatic heterocycles. The number of nitrogens with one attached hydrogen (secondary N) is 2. The van der Waals surface area contributed by atoms with Gasteiger partial charge in [-0.2, -0.15) is 0 Å². The Labute approximate surface area is 153 Å². The van der Waals surface area contributed by atoms with E-state index in [0.29, 0.717) is 22.4 Å². The van der Waals surface area contributed by atoms with Gasteiger partial charge >= 0.3 is 6.03 Å². The first-order valence-electron chi connectivity index (χ1n) is 8.67. The Morgan fingerprint density at radius 2 is 1.76 bits per heavy atom. The summed E-state index contributed by atoms with van der Waals surface area (Å²) in [6.07, 6.45) is 6.51. The van der Waals surface area contributed by atoms with Crippen LogP contribution in [-0.2, 0) is 0 Å². The molecule has 1 saturated carbocycles. The van der Waals surface area contributed by atoms with Crippen LogP contribution in [-0.4, -0.2) is 13.1 Å². The predicted octanol–water partition coefficient (Wildman–Crippen LogP) is 6.04. The lowest BCUT2D eigenvalue weighted by atomic mass is 9.84. The first-order chi connectivity index (χ1) is 12.2. The van der Waals surface area contributed by atoms with Gasteiger partial charge in [0.25, 0.3) is 0 Å². The summed E-state index contributed by atoms with van der Waals surface area (Å²) in [4.78, 5) is 12.2. The monoisotopic (exact) mass is 358 g/mol. The molecule has 4 nitrogen and oxygen atoms in total. The minimum absolute atomic E-state index is 0.328. The first-order valence-corrected chi connectivity index (χ1v) is 9.05. The van der Waals surface area contributed by atoms with E-state index < -0.39 is 0 Å². The number of carbonyl (C=O) groups excluding carboxylic acids is 1. The molecule has 0 heterocycles. The molecule has 2 aromatic carbocycles. The fraction of sp³-hybridized carbons (Fsp3) is 0.350. The molecule has 2 amide bonds. The minimum atomic E-state index is -0.328. The van der Waals surface area contributed by atoms with Gasteiger partial charge in [0, 0.05) is 10.7 Å². The zero-order chi connectivity index (χ0) is 17.6. The Morgan fingerprint density at radius 3 is 2.44 bits per heavy atom. The first kappa shape index (κ1) is 17.6. The average Bonchev–Trinajstić information content (AvgIpc) is 2.63. The number of anilines is 2. The van der Waals surface area contributed by atoms with E-state index in [1.165, 1.54) is 37.7 Å². The van der Waals surface area contributed by atoms with Crippen molar-refractivity contribution in [3.63, 3.8) is 0 Å². The normalized spacial score (nSPS) is 14.8. The Balaban J connectivity index is 1.62. The summed E-state index contributed by atoms with van der Waals surface area (Å²) in [5.41, 5.74) is 2.66. The second-order valence-electron chi connectivity index (χ2n) is 6.38. The van der Waals surface area contributed by atoms with Crippen LogP contribution in [0.15, 0.2) is 42.5 Å². The number of halogens is 1. The van der Waals surface area contributed by atoms with Crippen LogP contribution in [0.25, 0.3) is 0 Å². The van der Waals surface area contributed by atoms with Crippen molar-refractivity contribution in [3.8, 4) is 5.75 Å². The molecular formula is C20H23ClN2O2. The van der Waals surface area contributed by atoms with Crippen LogP contribution in [0, 0.1) is 0 Å². The smallest absolute Gasteiger partial charge is 0.323 e. The summed E-state index contributed by atoms with van der Waals surface area (Å²) in [6, 6.07) is 12.9. The molecule has 2 aromatic rings. The van der Waals surface area contributed by atoms with Gasteiger partial charge in [-0.1, -0.05) is 43.0 Å². The molecule has 5 heteroatoms. The van der Waals surface area contributed by atoms with Gasteiger partial charge in [0.05, 0.1) is 12.8 Å². The van der Waals surface area contributed by atoms with Crippen molar-refractivity contribution in [1.29, 1.82) is 0 Å². The number of methoxy groups -OCH3 is 1. The van der Waals surface area contributed by atoms with E-state index in [2.05, 4.69) is 22.8 Å². The van der Waals surface area contributed by atoms with Crippen molar-refractivity contribution in [2.75, 3.05) is 17.7 Å². The van der Waals surface area contributed by atoms with Crippen LogP contribution in [0.2, 0.25) is 5.02 Å². The van der Waals surface area contributed by atoms with Crippen LogP contribution in [0.1, 0.15) is 43.6 Å². The van der Waals surface area contributed by atoms with Gasteiger partial charge in [-0.25, -0.2) is 4.79 Å². The van der Waals surface area contributed by atoms with E-state index in [-0.39, 0.29) is 6.03 Å². The Morgan fingerprint density at radius 1 is 1.04 bits per heavy atom. The van der Waals surface area contributed by atoms with Gasteiger partial charge in [0.15, 0.2) is 0 Å². The Bertz CT molecular complexity index is 725. The Kier molecular flexibility index (Phi) is 5.82. The van der Waals surface area contributed by atoms with E-state index >= 15 is 0 Å². The van der Waals surface area contributed by atoms with Crippen molar-refractivity contribution in [3.05, 3.63) is 53.1 Å². The van der Waals surface area contributed by atoms with E-state index in [4.69, 9.17) is 16.3 Å². The molecule has 1 fully saturated rings. The number of carbonyl (C=O) groups is 1. The molecule has 0 atom stereocenters. The summed E-state index contributed by atoms with van der Waals surface area (Å²) < 4.78 is 5.23. The number of hydrogen-bond acceptors (Lipinski definition) is 2. The molecule has 0 aliphatic heterocycles. The highest BCUT2D eigenvalue weighted by Gasteiger charge is 2.15. The molecule has 0 radical (unpaired) electrons. The van der Waals surface area contributed by atoms with Crippen LogP contribution >= 0.6 is 11.6 Å². The van der Waals surface area contributed by atoms with Gasteiger partial charge in [0.2, 0.25) is 0 Å². The number of rotatable bonds is 4. The second-order valence-corrected chi connectivity index (χ2v) is 6.82. The third-order valence-corrected chi connectivity index (χ3v) is 4.89. The topological polar surface area (TPSA) is 50.4 Å². The molecule has 132 valence electrons. The number of urea groups is 1. The highest BCUT2D eigenvalue weighted by Crippen LogP contribution is 2.33. The second kappa shape index (κ2) is 8.26. The van der Waals surface area contributed by atoms with E-state index in [1.54, 1.807) is 25.3 Å². The number of amides is 2. The largest absolute Gasteiger partial charge is 0.495 e. The van der Waals surface area contributed by atoms with Crippen molar-refractivity contribution in [2.45, 2.75) is 38.0 Å². The fourth-order valence-corrected chi connectivity index (χ4v) is 3.51. The lowest BCUT2D eigenvalue weighted by molar-refractivity contribution is 0.262. The summed E-state index contributed by atoms with van der Waals surface area (Å²) in [7, 11) is 1.55. The number of benzene rings is 2. The fourth-order valence-electron chi connectivity index (χ4n) is 3.34. The standard InChI is InChI=1S/C20H23ClN2O2/c1-25-19-12-9-16(21)13-18(19)23-20(24)22-17-10-7-15(8-11-17)14-5-3-2-4-6-14/h7-14H,2-6H2,1H3,(H2,22,23,24). The molecule has 1 aliphatic carbocycles. The summed E-state index contributed by atoms with van der Waals surface area (Å²) >= 11 is 5.98. The maximum absolute atomic E-state index is 12.2. The predicted molar refractivity (Wildman–Crippen MR) is 103 cm³/mol. The third-order valence-electron chi connectivity index (χ3n) is 4.65. The lowest BCUT2D eigenvalue weighted by Gasteiger charge is -2.22. The lowest BCUT2D eigenvalue weighted by Crippen LogP contribution is -2.19. The molecule has 2 N–H and O–H groups in total. The zero-order valence-corrected chi connectivity index (χ0v) is 15.1. The summed E-state index contributed by atoms with van der Waals surface area (Å²) in [5.74, 6) is 1.22. The molecule has 3 rings (SSSR count). The molecule has 0 bridgehead atoms. The summed E-state index contributed by atoms with van der Waals surface area (Å²) in [6.45, 7) is 0. The number of ether oxygens (including phenoxy) is 1. The molecular weight excluding hydrogens is 336 g/mol. The van der Waals surface area contributed by atoms with Crippen LogP contribution in [0.5, 0.6) is 5.75 Å².